The minimum atomic E-state index is 0.542. The molecular weight excluding hydrogens is 254 g/mol. The zero-order chi connectivity index (χ0) is 15.1. The second-order valence-electron chi connectivity index (χ2n) is 4.87. The molecule has 0 heterocycles. The van der Waals surface area contributed by atoms with Crippen molar-refractivity contribution in [3.8, 4) is 6.19 Å². The Labute approximate surface area is 123 Å². The Kier molecular flexibility index (Phi) is 13.2. The lowest BCUT2D eigenvalue weighted by atomic mass is 10.2. The fraction of sp³-hybridized carbons (Fsp3) is 0.857. The molecule has 0 aliphatic rings. The molecule has 6 heteroatoms. The molecule has 0 spiro atoms. The Morgan fingerprint density at radius 1 is 1.25 bits per heavy atom. The maximum atomic E-state index is 8.66. The Balaban J connectivity index is 3.68. The van der Waals surface area contributed by atoms with E-state index in [0.29, 0.717) is 25.7 Å². The lowest BCUT2D eigenvalue weighted by molar-refractivity contribution is 0.122. The molecule has 20 heavy (non-hydrogen) atoms. The van der Waals surface area contributed by atoms with Gasteiger partial charge in [0.15, 0.2) is 6.19 Å². The van der Waals surface area contributed by atoms with Gasteiger partial charge in [-0.3, -0.25) is 10.3 Å². The third-order valence-electron chi connectivity index (χ3n) is 2.68. The van der Waals surface area contributed by atoms with Crippen molar-refractivity contribution in [2.24, 2.45) is 4.99 Å². The Hall–Kier alpha value is -1.32. The number of ether oxygens (including phenoxy) is 1. The lowest BCUT2D eigenvalue weighted by Gasteiger charge is -2.11. The van der Waals surface area contributed by atoms with E-state index in [2.05, 4.69) is 27.4 Å². The van der Waals surface area contributed by atoms with Crippen LogP contribution in [-0.2, 0) is 4.74 Å². The van der Waals surface area contributed by atoms with Crippen LogP contribution in [0.15, 0.2) is 4.99 Å². The number of nitrogens with one attached hydrogen (secondary N) is 2. The molecule has 0 saturated carbocycles. The van der Waals surface area contributed by atoms with Crippen LogP contribution in [0.2, 0.25) is 0 Å². The number of likely N-dealkylation sites (N-methyl/N-ethyl adjacent to an activating group) is 1. The molecule has 0 radical (unpaired) electrons. The van der Waals surface area contributed by atoms with Crippen LogP contribution in [0, 0.1) is 11.5 Å². The zero-order valence-electron chi connectivity index (χ0n) is 13.1. The van der Waals surface area contributed by atoms with Crippen molar-refractivity contribution in [2.75, 3.05) is 46.9 Å². The molecule has 0 aliphatic heterocycles. The summed E-state index contributed by atoms with van der Waals surface area (Å²) in [5.74, 6) is 0.542. The Bertz CT molecular complexity index is 286. The van der Waals surface area contributed by atoms with Gasteiger partial charge in [-0.2, -0.15) is 5.26 Å². The van der Waals surface area contributed by atoms with Crippen molar-refractivity contribution >= 4 is 5.96 Å². The van der Waals surface area contributed by atoms with Gasteiger partial charge in [-0.05, 0) is 20.5 Å². The average molecular weight is 283 g/mol. The first-order valence-electron chi connectivity index (χ1n) is 7.36. The van der Waals surface area contributed by atoms with Crippen LogP contribution < -0.4 is 10.6 Å². The average Bonchev–Trinajstić information content (AvgIpc) is 2.41. The zero-order valence-corrected chi connectivity index (χ0v) is 13.1. The fourth-order valence-electron chi connectivity index (χ4n) is 1.51. The van der Waals surface area contributed by atoms with Gasteiger partial charge in [0.25, 0.3) is 0 Å². The number of unbranched alkanes of at least 4 members (excludes halogenated alkanes) is 3. The number of nitriles is 1. The van der Waals surface area contributed by atoms with E-state index in [9.17, 15) is 0 Å². The van der Waals surface area contributed by atoms with Crippen LogP contribution >= 0.6 is 0 Å². The Morgan fingerprint density at radius 3 is 2.70 bits per heavy atom. The van der Waals surface area contributed by atoms with Crippen LogP contribution in [0.5, 0.6) is 0 Å². The van der Waals surface area contributed by atoms with E-state index in [4.69, 9.17) is 10.00 Å². The van der Waals surface area contributed by atoms with E-state index in [1.807, 2.05) is 20.3 Å². The van der Waals surface area contributed by atoms with Gasteiger partial charge in [0.05, 0.1) is 13.2 Å². The van der Waals surface area contributed by atoms with Gasteiger partial charge >= 0.3 is 0 Å². The summed E-state index contributed by atoms with van der Waals surface area (Å²) in [6.07, 6.45) is 6.60. The number of aliphatic imine (C=N–C) groups is 1. The van der Waals surface area contributed by atoms with Gasteiger partial charge in [0, 0.05) is 19.6 Å². The summed E-state index contributed by atoms with van der Waals surface area (Å²) >= 11 is 0. The number of hydrogen-bond acceptors (Lipinski definition) is 4. The van der Waals surface area contributed by atoms with Crippen molar-refractivity contribution in [2.45, 2.75) is 32.6 Å². The van der Waals surface area contributed by atoms with Gasteiger partial charge in [0.2, 0.25) is 5.96 Å². The van der Waals surface area contributed by atoms with Crippen molar-refractivity contribution < 1.29 is 4.74 Å². The molecule has 0 aromatic rings. The molecule has 2 N–H and O–H groups in total. The van der Waals surface area contributed by atoms with Gasteiger partial charge in [-0.1, -0.05) is 26.2 Å². The standard InChI is InChI=1S/C14H29N5O/c1-4-5-6-7-8-16-14(18-13-15)17-9-11-20-12-10-19(2)3/h4-12H2,1-3H3,(H2,16,17,18). The molecule has 0 aromatic carbocycles. The predicted octanol–water partition coefficient (Wildman–Crippen LogP) is 1.16. The Morgan fingerprint density at radius 2 is 2.05 bits per heavy atom. The highest BCUT2D eigenvalue weighted by molar-refractivity contribution is 5.81. The highest BCUT2D eigenvalue weighted by Gasteiger charge is 1.97. The van der Waals surface area contributed by atoms with Crippen LogP contribution in [0.25, 0.3) is 0 Å². The summed E-state index contributed by atoms with van der Waals surface area (Å²) in [6.45, 7) is 5.81. The minimum Gasteiger partial charge on any atom is -0.378 e. The number of hydrogen-bond donors (Lipinski definition) is 2. The van der Waals surface area contributed by atoms with Crippen molar-refractivity contribution in [1.29, 1.82) is 5.26 Å². The van der Waals surface area contributed by atoms with Crippen molar-refractivity contribution in [3.63, 3.8) is 0 Å². The van der Waals surface area contributed by atoms with Crippen molar-refractivity contribution in [1.82, 2.24) is 15.5 Å². The molecule has 0 fully saturated rings. The summed E-state index contributed by atoms with van der Waals surface area (Å²) in [6, 6.07) is 0. The van der Waals surface area contributed by atoms with Crippen molar-refractivity contribution in [3.05, 3.63) is 0 Å². The molecule has 6 nitrogen and oxygen atoms in total. The van der Waals surface area contributed by atoms with Crippen LogP contribution in [0.4, 0.5) is 0 Å². The molecule has 0 aromatic heterocycles. The minimum absolute atomic E-state index is 0.542. The molecule has 0 rings (SSSR count). The summed E-state index contributed by atoms with van der Waals surface area (Å²) < 4.78 is 5.46. The SMILES string of the molecule is CCCCCCN=C(NC#N)NCCOCCN(C)C. The molecule has 0 amide bonds. The maximum Gasteiger partial charge on any atom is 0.204 e. The monoisotopic (exact) mass is 283 g/mol. The summed E-state index contributed by atoms with van der Waals surface area (Å²) in [4.78, 5) is 6.42. The molecule has 0 bridgehead atoms. The molecule has 116 valence electrons. The summed E-state index contributed by atoms with van der Waals surface area (Å²) in [7, 11) is 4.03. The molecule has 0 saturated heterocycles. The largest absolute Gasteiger partial charge is 0.378 e. The van der Waals surface area contributed by atoms with Crippen LogP contribution in [0.3, 0.4) is 0 Å². The molecule has 0 atom stereocenters. The van der Waals surface area contributed by atoms with E-state index >= 15 is 0 Å². The van der Waals surface area contributed by atoms with Gasteiger partial charge in [-0.15, -0.1) is 0 Å². The van der Waals surface area contributed by atoms with E-state index < -0.39 is 0 Å². The lowest BCUT2D eigenvalue weighted by Crippen LogP contribution is -2.37. The number of rotatable bonds is 11. The second kappa shape index (κ2) is 14.1. The van der Waals surface area contributed by atoms with Crippen LogP contribution in [0.1, 0.15) is 32.6 Å². The van der Waals surface area contributed by atoms with Gasteiger partial charge in [0.1, 0.15) is 0 Å². The maximum absolute atomic E-state index is 8.66. The molecule has 0 aliphatic carbocycles. The quantitative estimate of drug-likeness (QED) is 0.196. The second-order valence-corrected chi connectivity index (χ2v) is 4.87. The first-order chi connectivity index (χ1) is 9.70. The fourth-order valence-corrected chi connectivity index (χ4v) is 1.51. The number of nitrogens with zero attached hydrogens (tertiary/aromatic N) is 3. The molecular formula is C14H29N5O. The highest BCUT2D eigenvalue weighted by Crippen LogP contribution is 1.98. The van der Waals surface area contributed by atoms with E-state index in [0.717, 1.165) is 19.5 Å². The van der Waals surface area contributed by atoms with Gasteiger partial charge in [-0.25, -0.2) is 0 Å². The smallest absolute Gasteiger partial charge is 0.204 e. The summed E-state index contributed by atoms with van der Waals surface area (Å²) in [5.41, 5.74) is 0. The number of guanidine groups is 1. The topological polar surface area (TPSA) is 72.7 Å². The van der Waals surface area contributed by atoms with E-state index in [1.165, 1.54) is 19.3 Å². The highest BCUT2D eigenvalue weighted by atomic mass is 16.5. The van der Waals surface area contributed by atoms with Crippen LogP contribution in [-0.4, -0.2) is 57.8 Å². The third-order valence-corrected chi connectivity index (χ3v) is 2.68. The predicted molar refractivity (Wildman–Crippen MR) is 82.6 cm³/mol. The third kappa shape index (κ3) is 13.1. The summed E-state index contributed by atoms with van der Waals surface area (Å²) in [5, 5.41) is 14.3. The molecule has 0 unspecified atom stereocenters. The normalized spacial score (nSPS) is 11.4. The first kappa shape index (κ1) is 18.7. The van der Waals surface area contributed by atoms with Gasteiger partial charge < -0.3 is 15.0 Å². The van der Waals surface area contributed by atoms with E-state index in [1.54, 1.807) is 0 Å². The first-order valence-corrected chi connectivity index (χ1v) is 7.36. The van der Waals surface area contributed by atoms with E-state index in [-0.39, 0.29) is 0 Å².